The first-order valence-corrected chi connectivity index (χ1v) is 5.35. The minimum atomic E-state index is -0.0643. The van der Waals surface area contributed by atoms with Crippen molar-refractivity contribution in [3.8, 4) is 0 Å². The molecule has 2 saturated heterocycles. The van der Waals surface area contributed by atoms with E-state index in [1.807, 2.05) is 11.8 Å². The largest absolute Gasteiger partial charge is 0.326 e. The Balaban J connectivity index is 2.13. The predicted molar refractivity (Wildman–Crippen MR) is 51.7 cm³/mol. The minimum absolute atomic E-state index is 0.0139. The van der Waals surface area contributed by atoms with E-state index < -0.39 is 0 Å². The van der Waals surface area contributed by atoms with Gasteiger partial charge in [0.2, 0.25) is 5.91 Å². The molecule has 2 rings (SSSR count). The monoisotopic (exact) mass is 196 g/mol. The number of rotatable bonds is 2. The maximum absolute atomic E-state index is 11.8. The summed E-state index contributed by atoms with van der Waals surface area (Å²) in [6.45, 7) is 3.38. The quantitative estimate of drug-likeness (QED) is 0.666. The first-order valence-electron chi connectivity index (χ1n) is 5.35. The number of hydrogen-bond acceptors (Lipinski definition) is 2. The third-order valence-corrected chi connectivity index (χ3v) is 3.01. The lowest BCUT2D eigenvalue weighted by atomic mass is 10.1. The van der Waals surface area contributed by atoms with E-state index in [1.54, 1.807) is 0 Å². The molecule has 4 nitrogen and oxygen atoms in total. The van der Waals surface area contributed by atoms with Gasteiger partial charge >= 0.3 is 6.03 Å². The highest BCUT2D eigenvalue weighted by Gasteiger charge is 2.40. The van der Waals surface area contributed by atoms with Crippen molar-refractivity contribution >= 4 is 11.9 Å². The molecule has 0 aromatic rings. The number of amides is 3. The van der Waals surface area contributed by atoms with Crippen molar-refractivity contribution < 1.29 is 9.59 Å². The predicted octanol–water partition coefficient (Wildman–Crippen LogP) is 1.21. The average molecular weight is 196 g/mol. The molecule has 0 aliphatic carbocycles. The molecule has 0 N–H and O–H groups in total. The molecule has 0 aromatic carbocycles. The molecule has 0 bridgehead atoms. The van der Waals surface area contributed by atoms with Crippen molar-refractivity contribution in [2.75, 3.05) is 13.1 Å². The van der Waals surface area contributed by atoms with Gasteiger partial charge in [0.15, 0.2) is 0 Å². The lowest BCUT2D eigenvalue weighted by molar-refractivity contribution is -0.132. The Bertz CT molecular complexity index is 265. The Labute approximate surface area is 83.9 Å². The summed E-state index contributed by atoms with van der Waals surface area (Å²) < 4.78 is 0. The summed E-state index contributed by atoms with van der Waals surface area (Å²) in [4.78, 5) is 26.7. The number of fused-ring (bicyclic) bond motifs is 1. The van der Waals surface area contributed by atoms with Crippen LogP contribution in [0.15, 0.2) is 0 Å². The molecule has 0 saturated carbocycles. The first-order chi connectivity index (χ1) is 6.74. The Hall–Kier alpha value is -1.06. The van der Waals surface area contributed by atoms with Crippen molar-refractivity contribution in [2.24, 2.45) is 0 Å². The van der Waals surface area contributed by atoms with Crippen LogP contribution in [-0.4, -0.2) is 40.9 Å². The summed E-state index contributed by atoms with van der Waals surface area (Å²) >= 11 is 0. The van der Waals surface area contributed by atoms with Crippen molar-refractivity contribution in [3.63, 3.8) is 0 Å². The summed E-state index contributed by atoms with van der Waals surface area (Å²) in [5.74, 6) is 0.0139. The molecule has 2 fully saturated rings. The van der Waals surface area contributed by atoms with Crippen LogP contribution >= 0.6 is 0 Å². The average Bonchev–Trinajstić information content (AvgIpc) is 2.60. The molecular formula is C10H16N2O2. The second kappa shape index (κ2) is 3.59. The van der Waals surface area contributed by atoms with Gasteiger partial charge < -0.3 is 4.90 Å². The lowest BCUT2D eigenvalue weighted by Gasteiger charge is -2.35. The molecule has 1 atom stereocenters. The second-order valence-corrected chi connectivity index (χ2v) is 4.02. The highest BCUT2D eigenvalue weighted by Crippen LogP contribution is 2.26. The van der Waals surface area contributed by atoms with Gasteiger partial charge in [0.05, 0.1) is 0 Å². The summed E-state index contributed by atoms with van der Waals surface area (Å²) in [5.41, 5.74) is 0. The van der Waals surface area contributed by atoms with Gasteiger partial charge in [-0.05, 0) is 19.3 Å². The van der Waals surface area contributed by atoms with E-state index in [2.05, 4.69) is 0 Å². The number of carbonyl (C=O) groups is 2. The van der Waals surface area contributed by atoms with Crippen LogP contribution in [-0.2, 0) is 4.79 Å². The van der Waals surface area contributed by atoms with Crippen LogP contribution in [0.25, 0.3) is 0 Å². The van der Waals surface area contributed by atoms with Gasteiger partial charge in [-0.2, -0.15) is 0 Å². The van der Waals surface area contributed by atoms with Crippen molar-refractivity contribution in [2.45, 2.75) is 38.6 Å². The van der Waals surface area contributed by atoms with E-state index in [-0.39, 0.29) is 18.0 Å². The van der Waals surface area contributed by atoms with Crippen LogP contribution in [0, 0.1) is 0 Å². The summed E-state index contributed by atoms with van der Waals surface area (Å²) in [5, 5.41) is 0. The maximum atomic E-state index is 11.8. The summed E-state index contributed by atoms with van der Waals surface area (Å²) in [7, 11) is 0. The van der Waals surface area contributed by atoms with Crippen molar-refractivity contribution in [3.05, 3.63) is 0 Å². The van der Waals surface area contributed by atoms with E-state index in [9.17, 15) is 9.59 Å². The summed E-state index contributed by atoms with van der Waals surface area (Å²) in [6, 6.07) is 0.133. The van der Waals surface area contributed by atoms with Gasteiger partial charge in [0, 0.05) is 25.6 Å². The van der Waals surface area contributed by atoms with Crippen LogP contribution in [0.2, 0.25) is 0 Å². The standard InChI is InChI=1S/C10H16N2O2/c1-2-5-12-9(13)7-8-4-3-6-11(8)10(12)14/h8H,2-7H2,1H3. The fraction of sp³-hybridized carbons (Fsp3) is 0.800. The zero-order valence-corrected chi connectivity index (χ0v) is 8.53. The SMILES string of the molecule is CCCN1C(=O)CC2CCCN2C1=O. The van der Waals surface area contributed by atoms with E-state index in [0.29, 0.717) is 13.0 Å². The molecule has 14 heavy (non-hydrogen) atoms. The zero-order chi connectivity index (χ0) is 10.1. The van der Waals surface area contributed by atoms with Gasteiger partial charge in [-0.3, -0.25) is 9.69 Å². The Kier molecular flexibility index (Phi) is 2.44. The number of carbonyl (C=O) groups excluding carboxylic acids is 2. The first kappa shape index (κ1) is 9.49. The van der Waals surface area contributed by atoms with Crippen molar-refractivity contribution in [1.82, 2.24) is 9.80 Å². The second-order valence-electron chi connectivity index (χ2n) is 4.02. The molecule has 1 unspecified atom stereocenters. The molecule has 4 heteroatoms. The number of hydrogen-bond donors (Lipinski definition) is 0. The molecule has 0 radical (unpaired) electrons. The maximum Gasteiger partial charge on any atom is 0.326 e. The fourth-order valence-corrected chi connectivity index (χ4v) is 2.32. The minimum Gasteiger partial charge on any atom is -0.321 e. The summed E-state index contributed by atoms with van der Waals surface area (Å²) in [6.07, 6.45) is 3.42. The van der Waals surface area contributed by atoms with Gasteiger partial charge in [-0.15, -0.1) is 0 Å². The number of imide groups is 1. The van der Waals surface area contributed by atoms with Crippen LogP contribution in [0.3, 0.4) is 0 Å². The number of nitrogens with zero attached hydrogens (tertiary/aromatic N) is 2. The molecule has 0 aromatic heterocycles. The highest BCUT2D eigenvalue weighted by molar-refractivity contribution is 5.97. The Morgan fingerprint density at radius 2 is 2.21 bits per heavy atom. The van der Waals surface area contributed by atoms with E-state index in [4.69, 9.17) is 0 Å². The van der Waals surface area contributed by atoms with Crippen LogP contribution in [0.4, 0.5) is 4.79 Å². The van der Waals surface area contributed by atoms with Gasteiger partial charge in [-0.25, -0.2) is 4.79 Å². The van der Waals surface area contributed by atoms with Gasteiger partial charge in [0.25, 0.3) is 0 Å². The van der Waals surface area contributed by atoms with Gasteiger partial charge in [0.1, 0.15) is 0 Å². The topological polar surface area (TPSA) is 40.6 Å². The molecule has 2 heterocycles. The number of urea groups is 1. The third kappa shape index (κ3) is 1.38. The molecule has 3 amide bonds. The normalized spacial score (nSPS) is 27.1. The third-order valence-electron chi connectivity index (χ3n) is 3.01. The van der Waals surface area contributed by atoms with E-state index in [1.165, 1.54) is 4.90 Å². The van der Waals surface area contributed by atoms with Crippen molar-refractivity contribution in [1.29, 1.82) is 0 Å². The Morgan fingerprint density at radius 3 is 2.93 bits per heavy atom. The van der Waals surface area contributed by atoms with E-state index in [0.717, 1.165) is 25.8 Å². The van der Waals surface area contributed by atoms with Crippen LogP contribution in [0.5, 0.6) is 0 Å². The Morgan fingerprint density at radius 1 is 1.43 bits per heavy atom. The molecular weight excluding hydrogens is 180 g/mol. The van der Waals surface area contributed by atoms with Crippen LogP contribution < -0.4 is 0 Å². The molecule has 0 spiro atoms. The lowest BCUT2D eigenvalue weighted by Crippen LogP contribution is -2.54. The zero-order valence-electron chi connectivity index (χ0n) is 8.53. The van der Waals surface area contributed by atoms with E-state index >= 15 is 0 Å². The highest BCUT2D eigenvalue weighted by atomic mass is 16.2. The van der Waals surface area contributed by atoms with Gasteiger partial charge in [-0.1, -0.05) is 6.92 Å². The molecule has 2 aliphatic rings. The smallest absolute Gasteiger partial charge is 0.321 e. The van der Waals surface area contributed by atoms with Crippen LogP contribution in [0.1, 0.15) is 32.6 Å². The molecule has 2 aliphatic heterocycles. The fourth-order valence-electron chi connectivity index (χ4n) is 2.32. The molecule has 78 valence electrons.